The number of aromatic amines is 1. The van der Waals surface area contributed by atoms with Gasteiger partial charge < -0.3 is 4.98 Å². The molecule has 1 aromatic rings. The van der Waals surface area contributed by atoms with E-state index in [9.17, 15) is 0 Å². The van der Waals surface area contributed by atoms with Crippen LogP contribution >= 0.6 is 0 Å². The Hall–Kier alpha value is -0.980. The molecule has 0 aliphatic heterocycles. The van der Waals surface area contributed by atoms with Crippen molar-refractivity contribution in [3.05, 3.63) is 22.8 Å². The molecule has 0 amide bonds. The Morgan fingerprint density at radius 3 is 2.71 bits per heavy atom. The molecule has 14 heavy (non-hydrogen) atoms. The van der Waals surface area contributed by atoms with Crippen molar-refractivity contribution < 1.29 is 0 Å². The molecule has 2 rings (SSSR count). The van der Waals surface area contributed by atoms with Gasteiger partial charge in [0.2, 0.25) is 0 Å². The van der Waals surface area contributed by atoms with Crippen LogP contribution in [0.25, 0.3) is 12.2 Å². The summed E-state index contributed by atoms with van der Waals surface area (Å²) in [7, 11) is 0. The van der Waals surface area contributed by atoms with Crippen LogP contribution in [0.1, 0.15) is 34.1 Å². The quantitative estimate of drug-likeness (QED) is 0.643. The summed E-state index contributed by atoms with van der Waals surface area (Å²) in [6.45, 7) is 9.29. The normalized spacial score (nSPS) is 26.3. The zero-order valence-electron chi connectivity index (χ0n) is 9.52. The van der Waals surface area contributed by atoms with Crippen molar-refractivity contribution >= 4 is 12.2 Å². The molecule has 0 fully saturated rings. The van der Waals surface area contributed by atoms with Crippen LogP contribution in [0.15, 0.2) is 12.3 Å². The Bertz CT molecular complexity index is 444. The minimum Gasteiger partial charge on any atom is -0.361 e. The maximum atomic E-state index is 3.26. The maximum absolute atomic E-state index is 3.26. The Labute approximate surface area is 85.5 Å². The van der Waals surface area contributed by atoms with E-state index >= 15 is 0 Å². The topological polar surface area (TPSA) is 15.8 Å². The molecule has 0 bridgehead atoms. The van der Waals surface area contributed by atoms with Crippen LogP contribution in [-0.2, 0) is 0 Å². The van der Waals surface area contributed by atoms with Crippen LogP contribution in [0.5, 0.6) is 0 Å². The molecule has 1 heteroatoms. The third kappa shape index (κ3) is 1.31. The van der Waals surface area contributed by atoms with Gasteiger partial charge in [-0.1, -0.05) is 39.8 Å². The van der Waals surface area contributed by atoms with Gasteiger partial charge in [0.25, 0.3) is 0 Å². The van der Waals surface area contributed by atoms with Gasteiger partial charge in [0.15, 0.2) is 0 Å². The summed E-state index contributed by atoms with van der Waals surface area (Å²) in [6, 6.07) is 2.16. The predicted octanol–water partition coefficient (Wildman–Crippen LogP) is 2.03. The standard InChI is InChI=1S/C13H19N/c1-12(2,3)13(4)7-5-11-10(9-13)6-8-14-11/h5-6,8-9,14H,7H2,1-4H3. The number of aromatic nitrogens is 1. The lowest BCUT2D eigenvalue weighted by Gasteiger charge is -2.40. The first-order valence-electron chi connectivity index (χ1n) is 5.29. The highest BCUT2D eigenvalue weighted by Gasteiger charge is 2.35. The lowest BCUT2D eigenvalue weighted by Crippen LogP contribution is -2.38. The van der Waals surface area contributed by atoms with Gasteiger partial charge in [0.1, 0.15) is 0 Å². The SMILES string of the molecule is CC(C)(C)C1(C)C=c2cc[nH]c2=CC1. The summed E-state index contributed by atoms with van der Waals surface area (Å²) >= 11 is 0. The highest BCUT2D eigenvalue weighted by Crippen LogP contribution is 2.43. The Kier molecular flexibility index (Phi) is 1.88. The Morgan fingerprint density at radius 2 is 2.07 bits per heavy atom. The minimum absolute atomic E-state index is 0.280. The molecule has 1 aromatic heterocycles. The highest BCUT2D eigenvalue weighted by atomic mass is 14.7. The smallest absolute Gasteiger partial charge is 0.0410 e. The van der Waals surface area contributed by atoms with Gasteiger partial charge >= 0.3 is 0 Å². The summed E-state index contributed by atoms with van der Waals surface area (Å²) in [4.78, 5) is 3.26. The molecular weight excluding hydrogens is 170 g/mol. The summed E-state index contributed by atoms with van der Waals surface area (Å²) < 4.78 is 0. The van der Waals surface area contributed by atoms with Crippen LogP contribution in [0.3, 0.4) is 0 Å². The zero-order chi connectivity index (χ0) is 10.4. The molecule has 1 heterocycles. The van der Waals surface area contributed by atoms with Gasteiger partial charge in [0.05, 0.1) is 0 Å². The molecule has 1 unspecified atom stereocenters. The lowest BCUT2D eigenvalue weighted by atomic mass is 9.65. The van der Waals surface area contributed by atoms with Gasteiger partial charge in [-0.15, -0.1) is 0 Å². The Balaban J connectivity index is 2.57. The van der Waals surface area contributed by atoms with E-state index in [-0.39, 0.29) is 5.41 Å². The zero-order valence-corrected chi connectivity index (χ0v) is 9.52. The molecule has 0 radical (unpaired) electrons. The summed E-state index contributed by atoms with van der Waals surface area (Å²) in [5.74, 6) is 0. The van der Waals surface area contributed by atoms with E-state index in [4.69, 9.17) is 0 Å². The van der Waals surface area contributed by atoms with Crippen molar-refractivity contribution in [1.82, 2.24) is 4.98 Å². The van der Waals surface area contributed by atoms with Gasteiger partial charge in [-0.05, 0) is 28.5 Å². The van der Waals surface area contributed by atoms with E-state index in [0.29, 0.717) is 5.41 Å². The average molecular weight is 189 g/mol. The van der Waals surface area contributed by atoms with Crippen LogP contribution in [0.4, 0.5) is 0 Å². The molecule has 1 aliphatic carbocycles. The molecular formula is C13H19N. The van der Waals surface area contributed by atoms with E-state index in [1.165, 1.54) is 10.6 Å². The van der Waals surface area contributed by atoms with E-state index in [1.807, 2.05) is 6.20 Å². The van der Waals surface area contributed by atoms with Crippen LogP contribution in [-0.4, -0.2) is 4.98 Å². The summed E-state index contributed by atoms with van der Waals surface area (Å²) in [6.07, 6.45) is 7.88. The average Bonchev–Trinajstić information content (AvgIpc) is 2.48. The molecule has 0 saturated carbocycles. The maximum Gasteiger partial charge on any atom is 0.0410 e. The number of fused-ring (bicyclic) bond motifs is 1. The predicted molar refractivity (Wildman–Crippen MR) is 61.2 cm³/mol. The molecule has 0 spiro atoms. The van der Waals surface area contributed by atoms with Crippen molar-refractivity contribution in [2.45, 2.75) is 34.1 Å². The highest BCUT2D eigenvalue weighted by molar-refractivity contribution is 5.44. The van der Waals surface area contributed by atoms with Gasteiger partial charge in [-0.2, -0.15) is 0 Å². The fourth-order valence-electron chi connectivity index (χ4n) is 1.94. The van der Waals surface area contributed by atoms with E-state index in [0.717, 1.165) is 6.42 Å². The molecule has 1 N–H and O–H groups in total. The van der Waals surface area contributed by atoms with Gasteiger partial charge in [-0.25, -0.2) is 0 Å². The van der Waals surface area contributed by atoms with Crippen molar-refractivity contribution in [3.8, 4) is 0 Å². The molecule has 0 aromatic carbocycles. The fourth-order valence-corrected chi connectivity index (χ4v) is 1.94. The van der Waals surface area contributed by atoms with E-state index in [1.54, 1.807) is 0 Å². The second-order valence-electron chi connectivity index (χ2n) is 5.57. The lowest BCUT2D eigenvalue weighted by molar-refractivity contribution is 0.194. The number of nitrogens with one attached hydrogen (secondary N) is 1. The summed E-state index contributed by atoms with van der Waals surface area (Å²) in [5, 5.41) is 2.64. The number of hydrogen-bond acceptors (Lipinski definition) is 0. The third-order valence-electron chi connectivity index (χ3n) is 3.73. The number of hydrogen-bond donors (Lipinski definition) is 1. The Morgan fingerprint density at radius 1 is 1.36 bits per heavy atom. The van der Waals surface area contributed by atoms with E-state index < -0.39 is 0 Å². The number of H-pyrrole nitrogens is 1. The number of rotatable bonds is 0. The van der Waals surface area contributed by atoms with Crippen molar-refractivity contribution in [1.29, 1.82) is 0 Å². The van der Waals surface area contributed by atoms with Crippen LogP contribution < -0.4 is 10.6 Å². The molecule has 0 saturated heterocycles. The molecule has 1 nitrogen and oxygen atoms in total. The largest absolute Gasteiger partial charge is 0.361 e. The first-order valence-corrected chi connectivity index (χ1v) is 5.29. The van der Waals surface area contributed by atoms with Crippen LogP contribution in [0.2, 0.25) is 0 Å². The van der Waals surface area contributed by atoms with E-state index in [2.05, 4.69) is 50.9 Å². The van der Waals surface area contributed by atoms with Crippen molar-refractivity contribution in [2.24, 2.45) is 10.8 Å². The van der Waals surface area contributed by atoms with Crippen molar-refractivity contribution in [3.63, 3.8) is 0 Å². The summed E-state index contributed by atoms with van der Waals surface area (Å²) in [5.41, 5.74) is 0.598. The monoisotopic (exact) mass is 189 g/mol. The first kappa shape index (κ1) is 9.57. The third-order valence-corrected chi connectivity index (χ3v) is 3.73. The second kappa shape index (κ2) is 2.75. The minimum atomic E-state index is 0.280. The van der Waals surface area contributed by atoms with Gasteiger partial charge in [0, 0.05) is 11.5 Å². The second-order valence-corrected chi connectivity index (χ2v) is 5.57. The van der Waals surface area contributed by atoms with Gasteiger partial charge in [-0.3, -0.25) is 0 Å². The molecule has 1 aliphatic rings. The molecule has 76 valence electrons. The van der Waals surface area contributed by atoms with Crippen molar-refractivity contribution in [2.75, 3.05) is 0 Å². The first-order chi connectivity index (χ1) is 6.42. The fraction of sp³-hybridized carbons (Fsp3) is 0.538. The van der Waals surface area contributed by atoms with Crippen LogP contribution in [0, 0.1) is 10.8 Å². The molecule has 1 atom stereocenters.